The van der Waals surface area contributed by atoms with Crippen LogP contribution in [0.3, 0.4) is 0 Å². The zero-order chi connectivity index (χ0) is 14.8. The lowest BCUT2D eigenvalue weighted by atomic mass is 9.71. The highest BCUT2D eigenvalue weighted by molar-refractivity contribution is 4.91. The van der Waals surface area contributed by atoms with Gasteiger partial charge in [-0.15, -0.1) is 0 Å². The van der Waals surface area contributed by atoms with Crippen LogP contribution >= 0.6 is 0 Å². The van der Waals surface area contributed by atoms with Crippen LogP contribution in [0.25, 0.3) is 0 Å². The number of likely N-dealkylation sites (tertiary alicyclic amines) is 1. The van der Waals surface area contributed by atoms with Crippen molar-refractivity contribution in [2.24, 2.45) is 11.3 Å². The largest absolute Gasteiger partial charge is 0.389 e. The van der Waals surface area contributed by atoms with Gasteiger partial charge >= 0.3 is 0 Å². The van der Waals surface area contributed by atoms with E-state index in [0.29, 0.717) is 11.5 Å². The molecular formula is C17H34N2O. The Hall–Kier alpha value is -0.120. The summed E-state index contributed by atoms with van der Waals surface area (Å²) < 4.78 is 0. The van der Waals surface area contributed by atoms with E-state index in [1.54, 1.807) is 0 Å². The van der Waals surface area contributed by atoms with Gasteiger partial charge in [0, 0.05) is 12.6 Å². The van der Waals surface area contributed by atoms with Crippen LogP contribution in [0.5, 0.6) is 0 Å². The summed E-state index contributed by atoms with van der Waals surface area (Å²) in [5, 5.41) is 14.4. The molecule has 1 saturated carbocycles. The fourth-order valence-electron chi connectivity index (χ4n) is 3.62. The van der Waals surface area contributed by atoms with Crippen LogP contribution in [0.4, 0.5) is 0 Å². The minimum absolute atomic E-state index is 0.422. The minimum atomic E-state index is -0.463. The monoisotopic (exact) mass is 282 g/mol. The van der Waals surface area contributed by atoms with Gasteiger partial charge in [0.1, 0.15) is 0 Å². The van der Waals surface area contributed by atoms with Crippen molar-refractivity contribution in [2.45, 2.75) is 70.9 Å². The van der Waals surface area contributed by atoms with Crippen molar-refractivity contribution in [2.75, 3.05) is 26.7 Å². The SMILES string of the molecule is CC(NCC1(O)CCC(C)(C)CC1)C1CCN(C)CC1. The van der Waals surface area contributed by atoms with Crippen LogP contribution in [0.2, 0.25) is 0 Å². The van der Waals surface area contributed by atoms with Gasteiger partial charge in [-0.1, -0.05) is 13.8 Å². The number of rotatable bonds is 4. The van der Waals surface area contributed by atoms with Gasteiger partial charge in [0.05, 0.1) is 5.60 Å². The molecule has 1 heterocycles. The summed E-state index contributed by atoms with van der Waals surface area (Å²) in [6.45, 7) is 10.1. The molecule has 2 aliphatic rings. The molecule has 1 atom stereocenters. The summed E-state index contributed by atoms with van der Waals surface area (Å²) in [5.74, 6) is 0.773. The van der Waals surface area contributed by atoms with Gasteiger partial charge in [-0.05, 0) is 76.9 Å². The fourth-order valence-corrected chi connectivity index (χ4v) is 3.62. The average Bonchev–Trinajstić information content (AvgIpc) is 2.41. The molecule has 1 saturated heterocycles. The van der Waals surface area contributed by atoms with Crippen molar-refractivity contribution in [3.63, 3.8) is 0 Å². The van der Waals surface area contributed by atoms with E-state index >= 15 is 0 Å². The van der Waals surface area contributed by atoms with E-state index in [2.05, 4.69) is 38.0 Å². The van der Waals surface area contributed by atoms with Crippen LogP contribution < -0.4 is 5.32 Å². The molecule has 3 nitrogen and oxygen atoms in total. The lowest BCUT2D eigenvalue weighted by molar-refractivity contribution is -0.0274. The Morgan fingerprint density at radius 3 is 2.25 bits per heavy atom. The molecule has 2 rings (SSSR count). The quantitative estimate of drug-likeness (QED) is 0.832. The smallest absolute Gasteiger partial charge is 0.0772 e. The molecule has 1 aliphatic carbocycles. The number of hydrogen-bond donors (Lipinski definition) is 2. The summed E-state index contributed by atoms with van der Waals surface area (Å²) in [4.78, 5) is 2.42. The Balaban J connectivity index is 1.74. The number of piperidine rings is 1. The summed E-state index contributed by atoms with van der Waals surface area (Å²) >= 11 is 0. The first-order valence-electron chi connectivity index (χ1n) is 8.44. The predicted octanol–water partition coefficient (Wildman–Crippen LogP) is 2.64. The molecule has 0 radical (unpaired) electrons. The van der Waals surface area contributed by atoms with Crippen molar-refractivity contribution in [1.82, 2.24) is 10.2 Å². The summed E-state index contributed by atoms with van der Waals surface area (Å²) in [7, 11) is 2.21. The van der Waals surface area contributed by atoms with Crippen LogP contribution in [0.1, 0.15) is 59.3 Å². The topological polar surface area (TPSA) is 35.5 Å². The number of nitrogens with one attached hydrogen (secondary N) is 1. The molecule has 0 bridgehead atoms. The van der Waals surface area contributed by atoms with Crippen LogP contribution in [0, 0.1) is 11.3 Å². The Bertz CT molecular complexity index is 298. The zero-order valence-corrected chi connectivity index (χ0v) is 13.9. The summed E-state index contributed by atoms with van der Waals surface area (Å²) in [6, 6.07) is 0.530. The van der Waals surface area contributed by atoms with Crippen LogP contribution in [0.15, 0.2) is 0 Å². The first kappa shape index (κ1) is 16.3. The molecule has 3 heteroatoms. The molecule has 0 aromatic heterocycles. The number of nitrogens with zero attached hydrogens (tertiary/aromatic N) is 1. The highest BCUT2D eigenvalue weighted by atomic mass is 16.3. The van der Waals surface area contributed by atoms with Gasteiger partial charge in [0.2, 0.25) is 0 Å². The first-order valence-corrected chi connectivity index (χ1v) is 8.44. The minimum Gasteiger partial charge on any atom is -0.389 e. The van der Waals surface area contributed by atoms with E-state index in [4.69, 9.17) is 0 Å². The highest BCUT2D eigenvalue weighted by Crippen LogP contribution is 2.39. The van der Waals surface area contributed by atoms with Gasteiger partial charge < -0.3 is 15.3 Å². The Morgan fingerprint density at radius 1 is 1.15 bits per heavy atom. The van der Waals surface area contributed by atoms with Gasteiger partial charge in [-0.2, -0.15) is 0 Å². The number of aliphatic hydroxyl groups is 1. The first-order chi connectivity index (χ1) is 9.30. The second-order valence-electron chi connectivity index (χ2n) is 8.20. The maximum atomic E-state index is 10.7. The standard InChI is InChI=1S/C17H34N2O/c1-14(15-5-11-19(4)12-6-15)18-13-17(20)9-7-16(2,3)8-10-17/h14-15,18,20H,5-13H2,1-4H3. The third-order valence-corrected chi connectivity index (χ3v) is 5.76. The van der Waals surface area contributed by atoms with E-state index < -0.39 is 5.60 Å². The third-order valence-electron chi connectivity index (χ3n) is 5.76. The van der Waals surface area contributed by atoms with Crippen LogP contribution in [-0.2, 0) is 0 Å². The lowest BCUT2D eigenvalue weighted by Crippen LogP contribution is -2.49. The third kappa shape index (κ3) is 4.44. The van der Waals surface area contributed by atoms with E-state index in [0.717, 1.165) is 38.1 Å². The highest BCUT2D eigenvalue weighted by Gasteiger charge is 2.37. The molecule has 0 amide bonds. The maximum absolute atomic E-state index is 10.7. The van der Waals surface area contributed by atoms with Crippen molar-refractivity contribution >= 4 is 0 Å². The fraction of sp³-hybridized carbons (Fsp3) is 1.00. The van der Waals surface area contributed by atoms with Crippen molar-refractivity contribution < 1.29 is 5.11 Å². The Morgan fingerprint density at radius 2 is 1.70 bits per heavy atom. The van der Waals surface area contributed by atoms with Crippen LogP contribution in [-0.4, -0.2) is 48.3 Å². The van der Waals surface area contributed by atoms with Gasteiger partial charge in [0.25, 0.3) is 0 Å². The van der Waals surface area contributed by atoms with E-state index in [-0.39, 0.29) is 0 Å². The normalized spacial score (nSPS) is 29.2. The molecule has 2 N–H and O–H groups in total. The van der Waals surface area contributed by atoms with Crippen molar-refractivity contribution in [3.8, 4) is 0 Å². The molecule has 0 aromatic carbocycles. The molecule has 2 fully saturated rings. The van der Waals surface area contributed by atoms with E-state index in [9.17, 15) is 5.11 Å². The second-order valence-corrected chi connectivity index (χ2v) is 8.20. The Kier molecular flexibility index (Phi) is 5.14. The summed E-state index contributed by atoms with van der Waals surface area (Å²) in [5.41, 5.74) is -0.0406. The predicted molar refractivity (Wildman–Crippen MR) is 84.9 cm³/mol. The maximum Gasteiger partial charge on any atom is 0.0772 e. The Labute approximate surface area is 125 Å². The lowest BCUT2D eigenvalue weighted by Gasteiger charge is -2.41. The van der Waals surface area contributed by atoms with Crippen molar-refractivity contribution in [3.05, 3.63) is 0 Å². The number of hydrogen-bond acceptors (Lipinski definition) is 3. The van der Waals surface area contributed by atoms with Crippen molar-refractivity contribution in [1.29, 1.82) is 0 Å². The summed E-state index contributed by atoms with van der Waals surface area (Å²) in [6.07, 6.45) is 6.77. The average molecular weight is 282 g/mol. The molecule has 1 aliphatic heterocycles. The van der Waals surface area contributed by atoms with E-state index in [1.165, 1.54) is 25.9 Å². The molecule has 20 heavy (non-hydrogen) atoms. The van der Waals surface area contributed by atoms with Gasteiger partial charge in [-0.25, -0.2) is 0 Å². The van der Waals surface area contributed by atoms with Gasteiger partial charge in [0.15, 0.2) is 0 Å². The van der Waals surface area contributed by atoms with E-state index in [1.807, 2.05) is 0 Å². The zero-order valence-electron chi connectivity index (χ0n) is 13.9. The molecular weight excluding hydrogens is 248 g/mol. The van der Waals surface area contributed by atoms with Gasteiger partial charge in [-0.3, -0.25) is 0 Å². The molecule has 1 unspecified atom stereocenters. The molecule has 118 valence electrons. The molecule has 0 spiro atoms. The molecule has 0 aromatic rings. The second kappa shape index (κ2) is 6.33.